The van der Waals surface area contributed by atoms with Crippen molar-refractivity contribution >= 4 is 82.4 Å². The first-order valence-electron chi connectivity index (χ1n) is 15.2. The van der Waals surface area contributed by atoms with Gasteiger partial charge in [-0.2, -0.15) is 0 Å². The molecule has 1 aromatic heterocycles. The first-order chi connectivity index (χ1) is 22.3. The highest BCUT2D eigenvalue weighted by molar-refractivity contribution is 7.26. The molecule has 0 amide bonds. The molecule has 0 N–H and O–H groups in total. The van der Waals surface area contributed by atoms with E-state index in [4.69, 9.17) is 9.47 Å². The van der Waals surface area contributed by atoms with Crippen LogP contribution in [0.3, 0.4) is 0 Å². The Morgan fingerprint density at radius 1 is 0.489 bits per heavy atom. The van der Waals surface area contributed by atoms with Gasteiger partial charge in [0.2, 0.25) is 0 Å². The van der Waals surface area contributed by atoms with E-state index in [9.17, 15) is 0 Å². The Kier molecular flexibility index (Phi) is 5.25. The fraction of sp³-hybridized carbons (Fsp3) is 0. The molecule has 0 atom stereocenters. The third-order valence-electron chi connectivity index (χ3n) is 9.13. The summed E-state index contributed by atoms with van der Waals surface area (Å²) in [6.07, 6.45) is 0. The van der Waals surface area contributed by atoms with Crippen LogP contribution in [-0.4, -0.2) is 6.71 Å². The second-order valence-corrected chi connectivity index (χ2v) is 12.7. The highest BCUT2D eigenvalue weighted by Gasteiger charge is 2.41. The monoisotopic (exact) mass is 593 g/mol. The summed E-state index contributed by atoms with van der Waals surface area (Å²) >= 11 is 1.81. The minimum Gasteiger partial charge on any atom is -0.458 e. The third kappa shape index (κ3) is 3.71. The molecule has 0 saturated heterocycles. The number of benzene rings is 7. The summed E-state index contributed by atoms with van der Waals surface area (Å²) in [4.78, 5) is 2.31. The van der Waals surface area contributed by atoms with Crippen LogP contribution in [0, 0.1) is 0 Å². The number of fused-ring (bicyclic) bond motifs is 9. The zero-order chi connectivity index (χ0) is 29.5. The van der Waals surface area contributed by atoms with Gasteiger partial charge in [-0.3, -0.25) is 0 Å². The average Bonchev–Trinajstić information content (AvgIpc) is 3.45. The van der Waals surface area contributed by atoms with Gasteiger partial charge in [0.25, 0.3) is 6.71 Å². The van der Waals surface area contributed by atoms with E-state index < -0.39 is 0 Å². The number of ether oxygens (including phenoxy) is 2. The second-order valence-electron chi connectivity index (χ2n) is 11.7. The van der Waals surface area contributed by atoms with Crippen molar-refractivity contribution < 1.29 is 9.47 Å². The van der Waals surface area contributed by atoms with Crippen LogP contribution in [0.1, 0.15) is 0 Å². The van der Waals surface area contributed by atoms with E-state index in [-0.39, 0.29) is 6.71 Å². The summed E-state index contributed by atoms with van der Waals surface area (Å²) in [5.74, 6) is 3.63. The van der Waals surface area contributed by atoms with Crippen LogP contribution in [0.5, 0.6) is 23.0 Å². The number of hydrogen-bond acceptors (Lipinski definition) is 4. The van der Waals surface area contributed by atoms with E-state index in [2.05, 4.69) is 144 Å². The Morgan fingerprint density at radius 2 is 1.13 bits per heavy atom. The summed E-state index contributed by atoms with van der Waals surface area (Å²) in [5, 5.41) is 4.80. The molecule has 10 rings (SSSR count). The lowest BCUT2D eigenvalue weighted by molar-refractivity contribution is 0.469. The van der Waals surface area contributed by atoms with Crippen molar-refractivity contribution in [1.29, 1.82) is 0 Å². The number of nitrogens with zero attached hydrogens (tertiary/aromatic N) is 1. The van der Waals surface area contributed by atoms with Crippen molar-refractivity contribution in [3.63, 3.8) is 0 Å². The molecule has 0 saturated carbocycles. The van der Waals surface area contributed by atoms with Gasteiger partial charge >= 0.3 is 0 Å². The highest BCUT2D eigenvalue weighted by Crippen LogP contribution is 2.47. The van der Waals surface area contributed by atoms with Gasteiger partial charge in [0.15, 0.2) is 0 Å². The van der Waals surface area contributed by atoms with E-state index in [1.807, 2.05) is 6.07 Å². The summed E-state index contributed by atoms with van der Waals surface area (Å²) in [6.45, 7) is 0.0723. The van der Waals surface area contributed by atoms with Gasteiger partial charge in [-0.15, -0.1) is 11.3 Å². The maximum atomic E-state index is 6.75. The van der Waals surface area contributed by atoms with Crippen LogP contribution < -0.4 is 30.8 Å². The van der Waals surface area contributed by atoms with E-state index >= 15 is 0 Å². The minimum absolute atomic E-state index is 0.0723. The number of thiophene rings is 1. The molecule has 45 heavy (non-hydrogen) atoms. The average molecular weight is 594 g/mol. The molecular weight excluding hydrogens is 569 g/mol. The van der Waals surface area contributed by atoms with Crippen LogP contribution in [0.4, 0.5) is 17.1 Å². The molecular formula is C40H24BNO2S. The van der Waals surface area contributed by atoms with Crippen molar-refractivity contribution in [1.82, 2.24) is 0 Å². The predicted molar refractivity (Wildman–Crippen MR) is 189 cm³/mol. The summed E-state index contributed by atoms with van der Waals surface area (Å²) in [6, 6.07) is 51.6. The Morgan fingerprint density at radius 3 is 1.84 bits per heavy atom. The van der Waals surface area contributed by atoms with E-state index in [0.29, 0.717) is 0 Å². The van der Waals surface area contributed by atoms with Crippen LogP contribution in [-0.2, 0) is 0 Å². The largest absolute Gasteiger partial charge is 0.458 e. The van der Waals surface area contributed by atoms with Gasteiger partial charge in [0.1, 0.15) is 23.0 Å². The molecule has 0 radical (unpaired) electrons. The maximum Gasteiger partial charge on any atom is 0.260 e. The van der Waals surface area contributed by atoms with Gasteiger partial charge < -0.3 is 14.4 Å². The Balaban J connectivity index is 1.18. The lowest BCUT2D eigenvalue weighted by Crippen LogP contribution is -2.57. The van der Waals surface area contributed by atoms with Gasteiger partial charge in [-0.05, 0) is 88.4 Å². The lowest BCUT2D eigenvalue weighted by atomic mass is 9.35. The summed E-state index contributed by atoms with van der Waals surface area (Å²) in [5.41, 5.74) is 6.87. The Labute approximate surface area is 264 Å². The first-order valence-corrected chi connectivity index (χ1v) is 16.0. The minimum atomic E-state index is 0.0723. The second kappa shape index (κ2) is 9.49. The van der Waals surface area contributed by atoms with Crippen molar-refractivity contribution in [2.24, 2.45) is 0 Å². The highest BCUT2D eigenvalue weighted by atomic mass is 32.1. The number of hydrogen-bond donors (Lipinski definition) is 0. The molecule has 0 fully saturated rings. The fourth-order valence-corrected chi connectivity index (χ4v) is 8.34. The molecule has 0 aliphatic carbocycles. The van der Waals surface area contributed by atoms with E-state index in [1.165, 1.54) is 37.2 Å². The molecule has 3 nitrogen and oxygen atoms in total. The SMILES string of the molecule is c1ccc(N(c2ccccc2)c2ccc3cc4c(cc3c2)sc2c3c5c(cc24)Oc2ccccc2B5c2ccccc2O3)cc1. The first kappa shape index (κ1) is 24.9. The topological polar surface area (TPSA) is 21.7 Å². The molecule has 7 aromatic carbocycles. The van der Waals surface area contributed by atoms with E-state index in [0.717, 1.165) is 50.2 Å². The molecule has 0 spiro atoms. The predicted octanol–water partition coefficient (Wildman–Crippen LogP) is 9.41. The van der Waals surface area contributed by atoms with Crippen molar-refractivity contribution in [3.8, 4) is 23.0 Å². The number of para-hydroxylation sites is 4. The normalized spacial score (nSPS) is 12.8. The van der Waals surface area contributed by atoms with Crippen LogP contribution in [0.15, 0.2) is 146 Å². The number of anilines is 3. The Hall–Kier alpha value is -5.52. The van der Waals surface area contributed by atoms with Crippen molar-refractivity contribution in [2.75, 3.05) is 4.90 Å². The Bertz CT molecular complexity index is 2410. The van der Waals surface area contributed by atoms with Crippen molar-refractivity contribution in [2.45, 2.75) is 0 Å². The van der Waals surface area contributed by atoms with Gasteiger partial charge in [-0.25, -0.2) is 0 Å². The zero-order valence-corrected chi connectivity index (χ0v) is 24.9. The fourth-order valence-electron chi connectivity index (χ4n) is 7.13. The number of rotatable bonds is 3. The molecule has 2 aliphatic rings. The quantitative estimate of drug-likeness (QED) is 0.191. The summed E-state index contributed by atoms with van der Waals surface area (Å²) in [7, 11) is 0. The standard InChI is InChI=1S/C40H24BNO2S/c1-3-11-27(12-4-1)42(28-13-5-2-6-14-28)29-20-19-25-22-30-31-24-36-38-39(40(31)45-37(30)23-26(25)21-29)44-35-18-10-8-16-33(35)41(38)32-15-7-9-17-34(32)43-36/h1-24H. The summed E-state index contributed by atoms with van der Waals surface area (Å²) < 4.78 is 15.7. The zero-order valence-electron chi connectivity index (χ0n) is 24.1. The molecule has 0 bridgehead atoms. The van der Waals surface area contributed by atoms with Gasteiger partial charge in [0.05, 0.1) is 4.70 Å². The van der Waals surface area contributed by atoms with Crippen LogP contribution >= 0.6 is 11.3 Å². The molecule has 210 valence electrons. The molecule has 8 aromatic rings. The maximum absolute atomic E-state index is 6.75. The molecule has 2 aliphatic heterocycles. The van der Waals surface area contributed by atoms with Gasteiger partial charge in [-0.1, -0.05) is 78.9 Å². The van der Waals surface area contributed by atoms with Crippen LogP contribution in [0.2, 0.25) is 0 Å². The molecule has 0 unspecified atom stereocenters. The van der Waals surface area contributed by atoms with Crippen molar-refractivity contribution in [3.05, 3.63) is 146 Å². The molecule has 3 heterocycles. The lowest BCUT2D eigenvalue weighted by Gasteiger charge is -2.33. The van der Waals surface area contributed by atoms with Gasteiger partial charge in [0, 0.05) is 38.0 Å². The smallest absolute Gasteiger partial charge is 0.260 e. The molecule has 5 heteroatoms. The third-order valence-corrected chi connectivity index (χ3v) is 10.3. The van der Waals surface area contributed by atoms with E-state index in [1.54, 1.807) is 11.3 Å². The van der Waals surface area contributed by atoms with Crippen LogP contribution in [0.25, 0.3) is 30.9 Å².